The van der Waals surface area contributed by atoms with Crippen LogP contribution >= 0.6 is 0 Å². The average molecular weight is 471 g/mol. The molecule has 5 rings (SSSR count). The van der Waals surface area contributed by atoms with Crippen LogP contribution in [-0.2, 0) is 7.05 Å². The molecule has 1 aromatic carbocycles. The van der Waals surface area contributed by atoms with Gasteiger partial charge in [0.1, 0.15) is 17.2 Å². The van der Waals surface area contributed by atoms with Crippen molar-refractivity contribution in [3.63, 3.8) is 0 Å². The Morgan fingerprint density at radius 2 is 1.80 bits per heavy atom. The van der Waals surface area contributed by atoms with Crippen molar-refractivity contribution in [1.82, 2.24) is 29.6 Å². The number of amides is 1. The van der Waals surface area contributed by atoms with Gasteiger partial charge < -0.3 is 14.4 Å². The zero-order valence-corrected chi connectivity index (χ0v) is 19.7. The summed E-state index contributed by atoms with van der Waals surface area (Å²) in [6.07, 6.45) is 10.3. The number of aryl methyl sites for hydroxylation is 1. The van der Waals surface area contributed by atoms with Gasteiger partial charge in [-0.25, -0.2) is 4.98 Å². The number of carbonyl (C=O) groups excluding carboxylic acids is 1. The van der Waals surface area contributed by atoms with Gasteiger partial charge in [0.05, 0.1) is 24.6 Å². The van der Waals surface area contributed by atoms with Gasteiger partial charge in [-0.1, -0.05) is 0 Å². The zero-order valence-electron chi connectivity index (χ0n) is 19.7. The van der Waals surface area contributed by atoms with Crippen LogP contribution in [0.15, 0.2) is 67.4 Å². The van der Waals surface area contributed by atoms with E-state index in [0.717, 1.165) is 35.5 Å². The van der Waals surface area contributed by atoms with E-state index >= 15 is 0 Å². The minimum Gasteiger partial charge on any atom is -0.497 e. The van der Waals surface area contributed by atoms with Crippen LogP contribution in [0, 0.1) is 0 Å². The highest BCUT2D eigenvalue weighted by Crippen LogP contribution is 2.33. The second-order valence-electron chi connectivity index (χ2n) is 8.45. The third-order valence-electron chi connectivity index (χ3n) is 6.07. The van der Waals surface area contributed by atoms with Crippen molar-refractivity contribution < 1.29 is 14.3 Å². The number of hydrogen-bond acceptors (Lipinski definition) is 7. The van der Waals surface area contributed by atoms with Crippen LogP contribution in [0.5, 0.6) is 17.4 Å². The van der Waals surface area contributed by atoms with E-state index in [-0.39, 0.29) is 11.8 Å². The van der Waals surface area contributed by atoms with E-state index in [0.29, 0.717) is 30.3 Å². The van der Waals surface area contributed by atoms with Crippen molar-refractivity contribution in [3.05, 3.63) is 78.6 Å². The van der Waals surface area contributed by atoms with Crippen LogP contribution in [0.2, 0.25) is 0 Å². The number of nitrogens with zero attached hydrogens (tertiary/aromatic N) is 6. The number of hydrogen-bond donors (Lipinski definition) is 0. The smallest absolute Gasteiger partial charge is 0.255 e. The van der Waals surface area contributed by atoms with Crippen LogP contribution in [0.4, 0.5) is 0 Å². The number of rotatable bonds is 6. The van der Waals surface area contributed by atoms with Gasteiger partial charge in [0, 0.05) is 56.4 Å². The molecule has 4 aromatic rings. The van der Waals surface area contributed by atoms with Crippen molar-refractivity contribution in [3.8, 4) is 28.6 Å². The first-order valence-corrected chi connectivity index (χ1v) is 11.5. The molecule has 35 heavy (non-hydrogen) atoms. The SMILES string of the molecule is COc1ccc(Oc2nccnc2[C@@H]2CCCN(C(=O)c3ccc(-c4cnn(C)c4)nc3)C2)cc1. The number of ether oxygens (including phenoxy) is 2. The molecular formula is C26H26N6O3. The summed E-state index contributed by atoms with van der Waals surface area (Å²) in [5.41, 5.74) is 3.01. The largest absolute Gasteiger partial charge is 0.497 e. The second-order valence-corrected chi connectivity index (χ2v) is 8.45. The molecule has 0 spiro atoms. The quantitative estimate of drug-likeness (QED) is 0.419. The van der Waals surface area contributed by atoms with Gasteiger partial charge in [-0.05, 0) is 49.2 Å². The van der Waals surface area contributed by atoms with E-state index in [1.165, 1.54) is 0 Å². The van der Waals surface area contributed by atoms with Gasteiger partial charge in [0.2, 0.25) is 5.88 Å². The first-order valence-electron chi connectivity index (χ1n) is 11.5. The number of methoxy groups -OCH3 is 1. The highest BCUT2D eigenvalue weighted by atomic mass is 16.5. The van der Waals surface area contributed by atoms with Gasteiger partial charge in [-0.15, -0.1) is 0 Å². The average Bonchev–Trinajstić information content (AvgIpc) is 3.35. The predicted molar refractivity (Wildman–Crippen MR) is 129 cm³/mol. The van der Waals surface area contributed by atoms with Crippen molar-refractivity contribution in [2.45, 2.75) is 18.8 Å². The fourth-order valence-electron chi connectivity index (χ4n) is 4.26. The molecule has 1 aliphatic heterocycles. The lowest BCUT2D eigenvalue weighted by molar-refractivity contribution is 0.0704. The first kappa shape index (κ1) is 22.5. The van der Waals surface area contributed by atoms with E-state index < -0.39 is 0 Å². The lowest BCUT2D eigenvalue weighted by atomic mass is 9.94. The van der Waals surface area contributed by atoms with E-state index in [1.807, 2.05) is 54.5 Å². The zero-order chi connectivity index (χ0) is 24.2. The monoisotopic (exact) mass is 470 g/mol. The first-order chi connectivity index (χ1) is 17.1. The van der Waals surface area contributed by atoms with Crippen LogP contribution in [-0.4, -0.2) is 55.7 Å². The van der Waals surface area contributed by atoms with Crippen molar-refractivity contribution in [1.29, 1.82) is 0 Å². The summed E-state index contributed by atoms with van der Waals surface area (Å²) in [4.78, 5) is 28.6. The molecule has 4 heterocycles. The normalized spacial score (nSPS) is 15.6. The molecule has 178 valence electrons. The number of pyridine rings is 1. The number of benzene rings is 1. The Bertz CT molecular complexity index is 1300. The Balaban J connectivity index is 1.30. The van der Waals surface area contributed by atoms with E-state index in [2.05, 4.69) is 20.1 Å². The van der Waals surface area contributed by atoms with Gasteiger partial charge in [0.15, 0.2) is 0 Å². The van der Waals surface area contributed by atoms with Gasteiger partial charge in [-0.3, -0.25) is 19.4 Å². The summed E-state index contributed by atoms with van der Waals surface area (Å²) in [5.74, 6) is 1.84. The van der Waals surface area contributed by atoms with Gasteiger partial charge in [0.25, 0.3) is 5.91 Å². The van der Waals surface area contributed by atoms with Crippen LogP contribution < -0.4 is 9.47 Å². The lowest BCUT2D eigenvalue weighted by Crippen LogP contribution is -2.39. The Hall–Kier alpha value is -4.27. The molecule has 9 heteroatoms. The van der Waals surface area contributed by atoms with Crippen molar-refractivity contribution in [2.24, 2.45) is 7.05 Å². The lowest BCUT2D eigenvalue weighted by Gasteiger charge is -2.32. The fourth-order valence-corrected chi connectivity index (χ4v) is 4.26. The Labute approximate surface area is 203 Å². The fraction of sp³-hybridized carbons (Fsp3) is 0.269. The minimum atomic E-state index is -0.0403. The van der Waals surface area contributed by atoms with E-state index in [4.69, 9.17) is 9.47 Å². The molecule has 0 saturated carbocycles. The summed E-state index contributed by atoms with van der Waals surface area (Å²) in [5, 5.41) is 4.18. The van der Waals surface area contributed by atoms with Crippen LogP contribution in [0.3, 0.4) is 0 Å². The number of likely N-dealkylation sites (tertiary alicyclic amines) is 1. The highest BCUT2D eigenvalue weighted by Gasteiger charge is 2.29. The maximum absolute atomic E-state index is 13.3. The molecule has 0 unspecified atom stereocenters. The molecule has 1 atom stereocenters. The topological polar surface area (TPSA) is 95.3 Å². The predicted octanol–water partition coefficient (Wildman–Crippen LogP) is 4.09. The number of piperidine rings is 1. The maximum Gasteiger partial charge on any atom is 0.255 e. The Kier molecular flexibility index (Phi) is 6.38. The summed E-state index contributed by atoms with van der Waals surface area (Å²) in [6.45, 7) is 1.23. The third-order valence-corrected chi connectivity index (χ3v) is 6.07. The van der Waals surface area contributed by atoms with Gasteiger partial charge >= 0.3 is 0 Å². The molecule has 9 nitrogen and oxygen atoms in total. The number of carbonyl (C=O) groups is 1. The Morgan fingerprint density at radius 1 is 1.00 bits per heavy atom. The van der Waals surface area contributed by atoms with Crippen LogP contribution in [0.25, 0.3) is 11.3 Å². The van der Waals surface area contributed by atoms with E-state index in [9.17, 15) is 4.79 Å². The molecule has 0 radical (unpaired) electrons. The standard InChI is InChI=1S/C26H26N6O3/c1-31-16-20(15-30-31)23-10-5-18(14-29-23)26(33)32-13-3-4-19(17-32)24-25(28-12-11-27-24)35-22-8-6-21(34-2)7-9-22/h5-12,14-16,19H,3-4,13,17H2,1-2H3/t19-/m1/s1. The molecule has 1 fully saturated rings. The van der Waals surface area contributed by atoms with E-state index in [1.54, 1.807) is 36.6 Å². The molecule has 1 amide bonds. The third kappa shape index (κ3) is 4.98. The molecule has 3 aromatic heterocycles. The molecule has 0 N–H and O–H groups in total. The molecular weight excluding hydrogens is 444 g/mol. The van der Waals surface area contributed by atoms with Crippen molar-refractivity contribution in [2.75, 3.05) is 20.2 Å². The summed E-state index contributed by atoms with van der Waals surface area (Å²) in [7, 11) is 3.48. The minimum absolute atomic E-state index is 0.0253. The number of aromatic nitrogens is 5. The summed E-state index contributed by atoms with van der Waals surface area (Å²) < 4.78 is 13.0. The van der Waals surface area contributed by atoms with Gasteiger partial charge in [-0.2, -0.15) is 5.10 Å². The molecule has 1 aliphatic rings. The molecule has 1 saturated heterocycles. The van der Waals surface area contributed by atoms with Crippen LogP contribution in [0.1, 0.15) is 34.8 Å². The Morgan fingerprint density at radius 3 is 2.51 bits per heavy atom. The second kappa shape index (κ2) is 9.92. The van der Waals surface area contributed by atoms with Crippen molar-refractivity contribution >= 4 is 5.91 Å². The highest BCUT2D eigenvalue weighted by molar-refractivity contribution is 5.94. The summed E-state index contributed by atoms with van der Waals surface area (Å²) in [6, 6.07) is 11.0. The molecule has 0 aliphatic carbocycles. The maximum atomic E-state index is 13.3. The summed E-state index contributed by atoms with van der Waals surface area (Å²) >= 11 is 0. The molecule has 0 bridgehead atoms.